The first-order valence-electron chi connectivity index (χ1n) is 42.8. The van der Waals surface area contributed by atoms with Crippen LogP contribution in [0.1, 0.15) is 55.5 Å². The first-order chi connectivity index (χ1) is 65.8. The highest BCUT2D eigenvalue weighted by molar-refractivity contribution is 7.92. The normalized spacial score (nSPS) is 18.8. The number of imidazole rings is 1. The number of phosphoric ester groups is 3. The van der Waals surface area contributed by atoms with Crippen LogP contribution in [0.5, 0.6) is 23.0 Å². The van der Waals surface area contributed by atoms with Crippen molar-refractivity contribution in [2.45, 2.75) is 73.1 Å². The molecular weight excluding hydrogens is 2000 g/mol. The summed E-state index contributed by atoms with van der Waals surface area (Å²) in [5.41, 5.74) is -1.48. The molecule has 2 fully saturated rings. The number of amides is 1. The van der Waals surface area contributed by atoms with Crippen LogP contribution in [0.15, 0.2) is 231 Å². The van der Waals surface area contributed by atoms with Gasteiger partial charge in [0.15, 0.2) is 29.5 Å². The number of benzene rings is 8. The van der Waals surface area contributed by atoms with E-state index in [1.807, 2.05) is 0 Å². The van der Waals surface area contributed by atoms with Gasteiger partial charge in [-0.05, 0) is 99.6 Å². The van der Waals surface area contributed by atoms with E-state index >= 15 is 13.7 Å². The summed E-state index contributed by atoms with van der Waals surface area (Å²) in [5, 5.41) is 2.76. The van der Waals surface area contributed by atoms with E-state index in [1.54, 1.807) is 206 Å². The largest absolute Gasteiger partial charge is 0.497 e. The number of hydrogen-bond acceptors (Lipinski definition) is 38. The minimum atomic E-state index is -5.89. The molecule has 49 heteroatoms. The number of fused-ring (bicyclic) bond motifs is 1. The van der Waals surface area contributed by atoms with Gasteiger partial charge in [0.25, 0.3) is 5.91 Å². The first kappa shape index (κ1) is 109. The molecule has 10 aromatic rings. The monoisotopic (exact) mass is 2100 g/mol. The van der Waals surface area contributed by atoms with E-state index in [0.29, 0.717) is 61.9 Å². The summed E-state index contributed by atoms with van der Waals surface area (Å²) in [4.78, 5) is 28.0. The van der Waals surface area contributed by atoms with E-state index in [2.05, 4.69) is 15.3 Å². The van der Waals surface area contributed by atoms with Gasteiger partial charge in [-0.15, -0.1) is 0 Å². The Kier molecular flexibility index (Phi) is 37.0. The molecule has 0 unspecified atom stereocenters. The molecule has 2 saturated heterocycles. The second-order valence-electron chi connectivity index (χ2n) is 32.3. The average Bonchev–Trinajstić information content (AvgIpc) is 1.71. The Morgan fingerprint density at radius 2 is 0.705 bits per heavy atom. The molecule has 0 spiro atoms. The lowest BCUT2D eigenvalue weighted by Gasteiger charge is -2.48. The molecular formula is C90H108N5O35P3S6. The third-order valence-corrected chi connectivity index (χ3v) is 31.5. The van der Waals surface area contributed by atoms with Crippen LogP contribution in [0.3, 0.4) is 0 Å². The molecule has 9 atom stereocenters. The minimum Gasteiger partial charge on any atom is -0.497 e. The summed E-state index contributed by atoms with van der Waals surface area (Å²) in [6.45, 7) is -8.78. The number of aromatic nitrogens is 4. The Balaban J connectivity index is 1.19. The number of methoxy groups -OCH3 is 4. The maximum atomic E-state index is 16.7. The van der Waals surface area contributed by atoms with Gasteiger partial charge in [0, 0.05) is 43.1 Å². The highest BCUT2D eigenvalue weighted by Crippen LogP contribution is 2.60. The van der Waals surface area contributed by atoms with Crippen molar-refractivity contribution < 1.29 is 157 Å². The van der Waals surface area contributed by atoms with Crippen LogP contribution in [0.25, 0.3) is 11.2 Å². The molecule has 2 aliphatic rings. The summed E-state index contributed by atoms with van der Waals surface area (Å²) in [7, 11) is -36.3. The molecule has 8 aromatic carbocycles. The van der Waals surface area contributed by atoms with E-state index in [9.17, 15) is 55.3 Å². The van der Waals surface area contributed by atoms with Gasteiger partial charge in [0.05, 0.1) is 129 Å². The van der Waals surface area contributed by atoms with E-state index < -0.39 is 249 Å². The summed E-state index contributed by atoms with van der Waals surface area (Å²) in [5.74, 6) is -4.89. The summed E-state index contributed by atoms with van der Waals surface area (Å²) < 4.78 is 334. The SMILES string of the molecule is COc1ccc(C(OC[C@H]2O[C@H](O[C@H]3[C@@H](OP(=O)(OCCS(C)(=O)=O)OCCS(C)(=O)=O)[C@H](n4cnc5c(NC(=O)c6ccccc6)ncnc54)O[C@@H]3COC(c3ccccc3)(c3ccc(OC)cc3)c3ccc(OC)cc3)[C@H](OCc3ccccc3)[C@@H](OP(=O)(OCCS(C)(=O)=O)OCCS(C)(=O)=O)[C@@H]2OP(=O)(OCCS(C)(=O)=O)OCCS(C)(=O)=O)(c2ccccc2)c2ccc(OC)cc2)cc1. The van der Waals surface area contributed by atoms with Crippen LogP contribution in [-0.4, -0.2) is 278 Å². The topological polar surface area (TPSA) is 504 Å². The summed E-state index contributed by atoms with van der Waals surface area (Å²) in [6, 6.07) is 60.0. The third kappa shape index (κ3) is 30.2. The van der Waals surface area contributed by atoms with Crippen molar-refractivity contribution in [3.63, 3.8) is 0 Å². The number of carbonyl (C=O) groups excluding carboxylic acids is 1. The van der Waals surface area contributed by atoms with Crippen LogP contribution < -0.4 is 24.3 Å². The molecule has 0 saturated carbocycles. The molecule has 12 rings (SSSR count). The lowest BCUT2D eigenvalue weighted by atomic mass is 9.80. The number of nitrogens with one attached hydrogen (secondary N) is 1. The van der Waals surface area contributed by atoms with Crippen molar-refractivity contribution in [1.82, 2.24) is 19.5 Å². The molecule has 0 aliphatic carbocycles. The fraction of sp³-hybridized carbons (Fsp3) is 0.400. The van der Waals surface area contributed by atoms with E-state index in [-0.39, 0.29) is 22.5 Å². The average molecular weight is 2110 g/mol. The molecule has 40 nitrogen and oxygen atoms in total. The summed E-state index contributed by atoms with van der Waals surface area (Å²) >= 11 is 0. The number of nitrogens with zero attached hydrogens (tertiary/aromatic N) is 4. The molecule has 1 N–H and O–H groups in total. The molecule has 0 bridgehead atoms. The zero-order valence-electron chi connectivity index (χ0n) is 77.1. The quantitative estimate of drug-likeness (QED) is 0.0273. The van der Waals surface area contributed by atoms with Crippen LogP contribution in [0, 0.1) is 0 Å². The molecule has 139 heavy (non-hydrogen) atoms. The Morgan fingerprint density at radius 1 is 0.381 bits per heavy atom. The molecule has 0 radical (unpaired) electrons. The van der Waals surface area contributed by atoms with Gasteiger partial charge in [-0.1, -0.05) is 158 Å². The predicted octanol–water partition coefficient (Wildman–Crippen LogP) is 10.6. The zero-order chi connectivity index (χ0) is 100. The number of anilines is 1. The minimum absolute atomic E-state index is 0.153. The van der Waals surface area contributed by atoms with Crippen molar-refractivity contribution in [3.05, 3.63) is 276 Å². The van der Waals surface area contributed by atoms with E-state index in [0.717, 1.165) is 50.2 Å². The zero-order valence-corrected chi connectivity index (χ0v) is 84.7. The van der Waals surface area contributed by atoms with Gasteiger partial charge >= 0.3 is 23.5 Å². The first-order valence-corrected chi connectivity index (χ1v) is 59.5. The summed E-state index contributed by atoms with van der Waals surface area (Å²) in [6.07, 6.45) is -13.5. The van der Waals surface area contributed by atoms with Crippen LogP contribution >= 0.6 is 23.5 Å². The second kappa shape index (κ2) is 47.3. The van der Waals surface area contributed by atoms with Crippen LogP contribution in [-0.2, 0) is 160 Å². The number of hydrogen-bond donors (Lipinski definition) is 1. The lowest BCUT2D eigenvalue weighted by Crippen LogP contribution is -2.63. The third-order valence-electron chi connectivity index (χ3n) is 21.6. The van der Waals surface area contributed by atoms with Crippen molar-refractivity contribution in [3.8, 4) is 23.0 Å². The molecule has 1 amide bonds. The number of rotatable bonds is 54. The highest BCUT2D eigenvalue weighted by Gasteiger charge is 2.60. The molecule has 754 valence electrons. The molecule has 4 heterocycles. The number of ether oxygens (including phenoxy) is 10. The molecule has 2 aromatic heterocycles. The maximum Gasteiger partial charge on any atom is 0.475 e. The highest BCUT2D eigenvalue weighted by atomic mass is 32.2. The van der Waals surface area contributed by atoms with E-state index in [1.165, 1.54) is 45.1 Å². The van der Waals surface area contributed by atoms with Gasteiger partial charge in [0.1, 0.15) is 142 Å². The van der Waals surface area contributed by atoms with Gasteiger partial charge in [-0.2, -0.15) is 0 Å². The van der Waals surface area contributed by atoms with Crippen LogP contribution in [0.4, 0.5) is 5.82 Å². The Morgan fingerprint density at radius 3 is 1.06 bits per heavy atom. The smallest absolute Gasteiger partial charge is 0.475 e. The van der Waals surface area contributed by atoms with Gasteiger partial charge < -0.3 is 52.7 Å². The Labute approximate surface area is 806 Å². The van der Waals surface area contributed by atoms with Crippen molar-refractivity contribution >= 4 is 105 Å². The molecule has 2 aliphatic heterocycles. The predicted molar refractivity (Wildman–Crippen MR) is 510 cm³/mol. The van der Waals surface area contributed by atoms with Crippen molar-refractivity contribution in [2.24, 2.45) is 0 Å². The number of phosphoric acid groups is 3. The van der Waals surface area contributed by atoms with Crippen molar-refractivity contribution in [2.75, 3.05) is 159 Å². The van der Waals surface area contributed by atoms with Gasteiger partial charge in [-0.3, -0.25) is 50.1 Å². The van der Waals surface area contributed by atoms with Gasteiger partial charge in [0.2, 0.25) is 0 Å². The number of carbonyl (C=O) groups is 1. The Bertz CT molecular complexity index is 6450. The fourth-order valence-corrected chi connectivity index (χ4v) is 22.0. The van der Waals surface area contributed by atoms with E-state index in [4.69, 9.17) is 93.1 Å². The maximum absolute atomic E-state index is 16.7. The second-order valence-corrected chi connectivity index (χ2v) is 50.7. The Hall–Kier alpha value is -9.23. The van der Waals surface area contributed by atoms with Crippen molar-refractivity contribution in [1.29, 1.82) is 0 Å². The fourth-order valence-electron chi connectivity index (χ4n) is 14.8. The standard InChI is InChI=1S/C90H108N5O35P3S6/c1-112-72-39-31-68(32-40-72)89(66-27-19-13-20-28-66,69-33-41-73(113-2)42-34-69)117-60-76-79(82(130-133(99,123-51-57-138(9,108)109)124-52-58-139(10,110)111)87(125-76)95-63-93-78-84(91-62-92-85(78)95)94-86(96)65-25-17-12-18-26-65)127-88-83(116-59-64-23-15-11-16-24-64)81(129-132(98,121-49-55-136(7,104)105)122-50-56-137(8,106)107)80(128-131(97,119-47-53-134(5,100)101)120-48-54-135(6,102)103)77(126-88)61-118-90(67-29-21-14-22-30-67,70-35-43-74(114-3)44-36-70)71-37-45-75(115-4)46-38-71/h11-46,62-63,76-77,79-83,87-88H,47-61H2,1-10H3,(H,91,92,94,96)/t76-,77-,79-,80-,81+,82-,83-,87-,88-/m1/s1. The number of sulfone groups is 6. The van der Waals surface area contributed by atoms with Gasteiger partial charge in [-0.25, -0.2) is 79.2 Å². The van der Waals surface area contributed by atoms with Crippen LogP contribution in [0.2, 0.25) is 0 Å². The lowest BCUT2D eigenvalue weighted by molar-refractivity contribution is -0.326.